The first-order valence-electron chi connectivity index (χ1n) is 10.1. The first-order valence-corrected chi connectivity index (χ1v) is 10.1. The molecule has 146 valence electrons. The van der Waals surface area contributed by atoms with Gasteiger partial charge in [0, 0.05) is 33.7 Å². The van der Waals surface area contributed by atoms with E-state index in [-0.39, 0.29) is 18.1 Å². The number of hydrogen-bond acceptors (Lipinski definition) is 2. The Kier molecular flexibility index (Phi) is 3.76. The van der Waals surface area contributed by atoms with Gasteiger partial charge in [-0.1, -0.05) is 42.5 Å². The van der Waals surface area contributed by atoms with Gasteiger partial charge in [0.05, 0.1) is 6.04 Å². The van der Waals surface area contributed by atoms with Crippen molar-refractivity contribution in [3.05, 3.63) is 102 Å². The molecule has 2 aliphatic rings. The molecule has 1 aliphatic heterocycles. The summed E-state index contributed by atoms with van der Waals surface area (Å²) in [7, 11) is 0. The van der Waals surface area contributed by atoms with Gasteiger partial charge in [-0.15, -0.1) is 0 Å². The van der Waals surface area contributed by atoms with Crippen molar-refractivity contribution < 1.29 is 4.79 Å². The molecule has 30 heavy (non-hydrogen) atoms. The van der Waals surface area contributed by atoms with Gasteiger partial charge in [0.25, 0.3) is 5.91 Å². The van der Waals surface area contributed by atoms with Crippen molar-refractivity contribution in [2.45, 2.75) is 12.2 Å². The molecule has 2 aromatic carbocycles. The van der Waals surface area contributed by atoms with E-state index in [0.29, 0.717) is 5.69 Å². The molecule has 3 N–H and O–H groups in total. The Hall–Kier alpha value is -3.83. The highest BCUT2D eigenvalue weighted by Gasteiger charge is 2.24. The molecule has 0 radical (unpaired) electrons. The van der Waals surface area contributed by atoms with E-state index in [1.165, 1.54) is 5.57 Å². The second-order valence-corrected chi connectivity index (χ2v) is 7.72. The summed E-state index contributed by atoms with van der Waals surface area (Å²) >= 11 is 0. The van der Waals surface area contributed by atoms with E-state index >= 15 is 0 Å². The lowest BCUT2D eigenvalue weighted by atomic mass is 10.1. The van der Waals surface area contributed by atoms with Crippen molar-refractivity contribution in [2.24, 2.45) is 0 Å². The zero-order valence-corrected chi connectivity index (χ0v) is 16.2. The van der Waals surface area contributed by atoms with E-state index < -0.39 is 0 Å². The SMILES string of the molecule is O=C(Nc1ccc2c(ccn2C2C=C3C=CC=CC3N2)c1)c1cc2ccccc2[nH]1. The van der Waals surface area contributed by atoms with Crippen LogP contribution in [-0.2, 0) is 0 Å². The van der Waals surface area contributed by atoms with Gasteiger partial charge in [-0.25, -0.2) is 0 Å². The second-order valence-electron chi connectivity index (χ2n) is 7.72. The second kappa shape index (κ2) is 6.61. The zero-order valence-electron chi connectivity index (χ0n) is 16.2. The van der Waals surface area contributed by atoms with Gasteiger partial charge in [0.2, 0.25) is 0 Å². The lowest BCUT2D eigenvalue weighted by molar-refractivity contribution is 0.102. The Bertz CT molecular complexity index is 1350. The number of carbonyl (C=O) groups is 1. The molecular formula is C25H20N4O. The third-order valence-corrected chi connectivity index (χ3v) is 5.82. The van der Waals surface area contributed by atoms with E-state index in [0.717, 1.165) is 27.5 Å². The third kappa shape index (κ3) is 2.79. The standard InChI is InChI=1S/C25H20N4O/c30-25(22-14-16-5-1-3-7-20(16)27-22)26-19-9-10-23-18(13-19)11-12-29(23)24-15-17-6-2-4-8-21(17)28-24/h1-15,21,24,27-28H,(H,26,30). The molecule has 2 unspecified atom stereocenters. The van der Waals surface area contributed by atoms with Crippen LogP contribution in [0.15, 0.2) is 96.7 Å². The van der Waals surface area contributed by atoms with Crippen molar-refractivity contribution >= 4 is 33.4 Å². The Labute approximate surface area is 173 Å². The summed E-state index contributed by atoms with van der Waals surface area (Å²) in [4.78, 5) is 15.9. The average molecular weight is 392 g/mol. The van der Waals surface area contributed by atoms with Crippen LogP contribution >= 0.6 is 0 Å². The fourth-order valence-corrected chi connectivity index (χ4v) is 4.32. The largest absolute Gasteiger partial charge is 0.351 e. The van der Waals surface area contributed by atoms with Crippen LogP contribution in [0.3, 0.4) is 0 Å². The predicted molar refractivity (Wildman–Crippen MR) is 121 cm³/mol. The van der Waals surface area contributed by atoms with Crippen LogP contribution in [0.4, 0.5) is 5.69 Å². The first kappa shape index (κ1) is 17.1. The highest BCUT2D eigenvalue weighted by atomic mass is 16.1. The molecule has 6 rings (SSSR count). The minimum absolute atomic E-state index is 0.113. The summed E-state index contributed by atoms with van der Waals surface area (Å²) in [6.45, 7) is 0. The molecule has 0 saturated heterocycles. The van der Waals surface area contributed by atoms with Gasteiger partial charge >= 0.3 is 0 Å². The quantitative estimate of drug-likeness (QED) is 0.464. The molecule has 0 spiro atoms. The summed E-state index contributed by atoms with van der Waals surface area (Å²) in [6.07, 6.45) is 12.9. The van der Waals surface area contributed by atoms with Gasteiger partial charge in [0.15, 0.2) is 0 Å². The van der Waals surface area contributed by atoms with Crippen molar-refractivity contribution in [3.63, 3.8) is 0 Å². The molecule has 0 fully saturated rings. The van der Waals surface area contributed by atoms with E-state index in [2.05, 4.69) is 68.9 Å². The Balaban J connectivity index is 1.26. The van der Waals surface area contributed by atoms with Crippen LogP contribution in [0.1, 0.15) is 16.7 Å². The molecule has 0 bridgehead atoms. The number of nitrogens with zero attached hydrogens (tertiary/aromatic N) is 1. The van der Waals surface area contributed by atoms with Crippen LogP contribution in [0.2, 0.25) is 0 Å². The monoisotopic (exact) mass is 392 g/mol. The van der Waals surface area contributed by atoms with Crippen LogP contribution < -0.4 is 10.6 Å². The van der Waals surface area contributed by atoms with E-state index in [9.17, 15) is 4.79 Å². The molecule has 4 aromatic rings. The number of amides is 1. The minimum atomic E-state index is -0.144. The van der Waals surface area contributed by atoms with Crippen LogP contribution in [0, 0.1) is 0 Å². The maximum absolute atomic E-state index is 12.7. The van der Waals surface area contributed by atoms with Gasteiger partial charge in [0.1, 0.15) is 11.9 Å². The van der Waals surface area contributed by atoms with Crippen molar-refractivity contribution in [2.75, 3.05) is 5.32 Å². The summed E-state index contributed by atoms with van der Waals surface area (Å²) < 4.78 is 2.23. The molecular weight excluding hydrogens is 372 g/mol. The fourth-order valence-electron chi connectivity index (χ4n) is 4.32. The zero-order chi connectivity index (χ0) is 20.1. The van der Waals surface area contributed by atoms with E-state index in [4.69, 9.17) is 0 Å². The highest BCUT2D eigenvalue weighted by molar-refractivity contribution is 6.06. The molecule has 0 saturated carbocycles. The number of allylic oxidation sites excluding steroid dienone is 2. The number of hydrogen-bond donors (Lipinski definition) is 3. The number of nitrogens with one attached hydrogen (secondary N) is 3. The lowest BCUT2D eigenvalue weighted by Gasteiger charge is -2.17. The third-order valence-electron chi connectivity index (χ3n) is 5.82. The number of fused-ring (bicyclic) bond motifs is 3. The summed E-state index contributed by atoms with van der Waals surface area (Å²) in [5, 5.41) is 8.75. The number of H-pyrrole nitrogens is 1. The topological polar surface area (TPSA) is 61.9 Å². The number of aromatic amines is 1. The van der Waals surface area contributed by atoms with Crippen molar-refractivity contribution in [3.8, 4) is 0 Å². The number of benzene rings is 2. The lowest BCUT2D eigenvalue weighted by Crippen LogP contribution is -2.28. The Morgan fingerprint density at radius 2 is 1.93 bits per heavy atom. The maximum atomic E-state index is 12.7. The van der Waals surface area contributed by atoms with Gasteiger partial charge < -0.3 is 14.9 Å². The average Bonchev–Trinajstić information content (AvgIpc) is 3.48. The van der Waals surface area contributed by atoms with Crippen LogP contribution in [0.25, 0.3) is 21.8 Å². The van der Waals surface area contributed by atoms with Crippen LogP contribution in [-0.4, -0.2) is 21.5 Å². The molecule has 2 aromatic heterocycles. The first-order chi connectivity index (χ1) is 14.7. The summed E-state index contributed by atoms with van der Waals surface area (Å²) in [6, 6.07) is 18.1. The highest BCUT2D eigenvalue weighted by Crippen LogP contribution is 2.29. The Morgan fingerprint density at radius 3 is 2.83 bits per heavy atom. The molecule has 5 heteroatoms. The summed E-state index contributed by atoms with van der Waals surface area (Å²) in [5.74, 6) is -0.144. The molecule has 2 atom stereocenters. The number of anilines is 1. The minimum Gasteiger partial charge on any atom is -0.351 e. The molecule has 3 heterocycles. The summed E-state index contributed by atoms with van der Waals surface area (Å²) in [5.41, 5.74) is 4.71. The molecule has 1 aliphatic carbocycles. The fraction of sp³-hybridized carbons (Fsp3) is 0.0800. The maximum Gasteiger partial charge on any atom is 0.272 e. The van der Waals surface area contributed by atoms with Crippen molar-refractivity contribution in [1.29, 1.82) is 0 Å². The van der Waals surface area contributed by atoms with Gasteiger partial charge in [-0.2, -0.15) is 0 Å². The smallest absolute Gasteiger partial charge is 0.272 e. The molecule has 5 nitrogen and oxygen atoms in total. The van der Waals surface area contributed by atoms with Crippen molar-refractivity contribution in [1.82, 2.24) is 14.9 Å². The number of para-hydroxylation sites is 1. The Morgan fingerprint density at radius 1 is 1.00 bits per heavy atom. The van der Waals surface area contributed by atoms with Crippen LogP contribution in [0.5, 0.6) is 0 Å². The number of rotatable bonds is 3. The van der Waals surface area contributed by atoms with Gasteiger partial charge in [-0.05, 0) is 48.0 Å². The molecule has 1 amide bonds. The number of carbonyl (C=O) groups excluding carboxylic acids is 1. The van der Waals surface area contributed by atoms with E-state index in [1.54, 1.807) is 0 Å². The van der Waals surface area contributed by atoms with E-state index in [1.807, 2.05) is 42.5 Å². The van der Waals surface area contributed by atoms with Gasteiger partial charge in [-0.3, -0.25) is 10.1 Å². The normalized spacial score (nSPS) is 19.9. The number of aromatic nitrogens is 2. The predicted octanol–water partition coefficient (Wildman–Crippen LogP) is 4.90.